The molecule has 0 spiro atoms. The highest BCUT2D eigenvalue weighted by Crippen LogP contribution is 2.23. The lowest BCUT2D eigenvalue weighted by molar-refractivity contribution is -0.142. The smallest absolute Gasteiger partial charge is 0.240 e. The summed E-state index contributed by atoms with van der Waals surface area (Å²) in [6.07, 6.45) is -0.555. The lowest BCUT2D eigenvalue weighted by Gasteiger charge is -2.17. The van der Waals surface area contributed by atoms with Crippen molar-refractivity contribution in [3.8, 4) is 0 Å². The molecule has 0 radical (unpaired) electrons. The van der Waals surface area contributed by atoms with Gasteiger partial charge >= 0.3 is 0 Å². The van der Waals surface area contributed by atoms with Crippen molar-refractivity contribution in [3.05, 3.63) is 48.0 Å². The van der Waals surface area contributed by atoms with Gasteiger partial charge in [-0.15, -0.1) is 0 Å². The first-order chi connectivity index (χ1) is 11.6. The molecule has 0 aliphatic carbocycles. The Morgan fingerprint density at radius 3 is 2.50 bits per heavy atom. The van der Waals surface area contributed by atoms with Crippen molar-refractivity contribution in [3.63, 3.8) is 0 Å². The molecule has 3 amide bonds. The molecule has 1 saturated heterocycles. The number of nitrogens with one attached hydrogen (secondary N) is 1. The number of hydrogen-bond acceptors (Lipinski definition) is 4. The van der Waals surface area contributed by atoms with Crippen molar-refractivity contribution in [1.82, 2.24) is 10.2 Å². The average molecular weight is 326 g/mol. The molecule has 24 heavy (non-hydrogen) atoms. The van der Waals surface area contributed by atoms with Crippen LogP contribution in [0.4, 0.5) is 0 Å². The first-order valence-corrected chi connectivity index (χ1v) is 7.82. The first-order valence-electron chi connectivity index (χ1n) is 7.82. The SMILES string of the molecule is O=C(CN1C(=O)CCC1=O)NCC(O)c1cccc2ccccc12. The zero-order valence-corrected chi connectivity index (χ0v) is 13.1. The summed E-state index contributed by atoms with van der Waals surface area (Å²) in [6.45, 7) is -0.275. The maximum absolute atomic E-state index is 11.9. The number of aliphatic hydroxyl groups excluding tert-OH is 1. The Labute approximate surface area is 139 Å². The number of fused-ring (bicyclic) bond motifs is 1. The Hall–Kier alpha value is -2.73. The van der Waals surface area contributed by atoms with Gasteiger partial charge in [0.2, 0.25) is 17.7 Å². The Bertz CT molecular complexity index is 781. The third kappa shape index (κ3) is 3.28. The maximum Gasteiger partial charge on any atom is 0.240 e. The minimum absolute atomic E-state index is 0.0169. The third-order valence-electron chi connectivity index (χ3n) is 4.13. The van der Waals surface area contributed by atoms with Gasteiger partial charge in [0.1, 0.15) is 6.54 Å². The zero-order chi connectivity index (χ0) is 17.1. The van der Waals surface area contributed by atoms with E-state index in [0.717, 1.165) is 21.2 Å². The predicted octanol–water partition coefficient (Wildman–Crippen LogP) is 1.14. The van der Waals surface area contributed by atoms with Crippen molar-refractivity contribution < 1.29 is 19.5 Å². The van der Waals surface area contributed by atoms with Gasteiger partial charge in [-0.2, -0.15) is 0 Å². The Kier molecular flexibility index (Phi) is 4.57. The fraction of sp³-hybridized carbons (Fsp3) is 0.278. The number of aliphatic hydroxyl groups is 1. The second kappa shape index (κ2) is 6.80. The van der Waals surface area contributed by atoms with Crippen molar-refractivity contribution in [2.24, 2.45) is 0 Å². The molecule has 1 aliphatic heterocycles. The lowest BCUT2D eigenvalue weighted by atomic mass is 10.0. The van der Waals surface area contributed by atoms with E-state index in [1.54, 1.807) is 0 Å². The normalized spacial score (nSPS) is 15.8. The quantitative estimate of drug-likeness (QED) is 0.807. The highest BCUT2D eigenvalue weighted by atomic mass is 16.3. The van der Waals surface area contributed by atoms with Crippen LogP contribution in [0, 0.1) is 0 Å². The Balaban J connectivity index is 1.62. The highest BCUT2D eigenvalue weighted by Gasteiger charge is 2.30. The molecule has 124 valence electrons. The third-order valence-corrected chi connectivity index (χ3v) is 4.13. The predicted molar refractivity (Wildman–Crippen MR) is 87.9 cm³/mol. The number of carbonyl (C=O) groups is 3. The molecule has 2 aromatic rings. The molecule has 1 aliphatic rings. The van der Waals surface area contributed by atoms with Gasteiger partial charge in [-0.05, 0) is 16.3 Å². The summed E-state index contributed by atoms with van der Waals surface area (Å²) in [4.78, 5) is 35.9. The van der Waals surface area contributed by atoms with Crippen LogP contribution in [0.15, 0.2) is 42.5 Å². The Morgan fingerprint density at radius 1 is 1.08 bits per heavy atom. The van der Waals surface area contributed by atoms with E-state index >= 15 is 0 Å². The molecule has 6 heteroatoms. The van der Waals surface area contributed by atoms with Gasteiger partial charge in [0.25, 0.3) is 0 Å². The molecule has 2 N–H and O–H groups in total. The Morgan fingerprint density at radius 2 is 1.75 bits per heavy atom. The molecule has 0 aromatic heterocycles. The number of amides is 3. The molecule has 1 heterocycles. The lowest BCUT2D eigenvalue weighted by Crippen LogP contribution is -2.41. The van der Waals surface area contributed by atoms with Crippen molar-refractivity contribution in [2.45, 2.75) is 18.9 Å². The number of imide groups is 1. The second-order valence-electron chi connectivity index (χ2n) is 5.76. The van der Waals surface area contributed by atoms with Crippen LogP contribution >= 0.6 is 0 Å². The largest absolute Gasteiger partial charge is 0.387 e. The van der Waals surface area contributed by atoms with Crippen LogP contribution in [0.1, 0.15) is 24.5 Å². The van der Waals surface area contributed by atoms with Gasteiger partial charge in [-0.3, -0.25) is 19.3 Å². The molecule has 0 saturated carbocycles. The fourth-order valence-corrected chi connectivity index (χ4v) is 2.86. The van der Waals surface area contributed by atoms with Gasteiger partial charge in [0.05, 0.1) is 6.10 Å². The average Bonchev–Trinajstić information content (AvgIpc) is 2.91. The molecule has 1 unspecified atom stereocenters. The number of carbonyl (C=O) groups excluding carboxylic acids is 3. The number of hydrogen-bond donors (Lipinski definition) is 2. The van der Waals surface area contributed by atoms with Gasteiger partial charge in [0, 0.05) is 19.4 Å². The molecule has 1 fully saturated rings. The van der Waals surface area contributed by atoms with Crippen LogP contribution < -0.4 is 5.32 Å². The summed E-state index contributed by atoms with van der Waals surface area (Å²) in [5.74, 6) is -1.12. The van der Waals surface area contributed by atoms with Crippen LogP contribution in [0.3, 0.4) is 0 Å². The van der Waals surface area contributed by atoms with E-state index in [0.29, 0.717) is 0 Å². The molecule has 0 bridgehead atoms. The van der Waals surface area contributed by atoms with Crippen LogP contribution in [0.2, 0.25) is 0 Å². The van der Waals surface area contributed by atoms with Gasteiger partial charge in [0.15, 0.2) is 0 Å². The first kappa shape index (κ1) is 16.1. The number of likely N-dealkylation sites (tertiary alicyclic amines) is 1. The molecule has 2 aromatic carbocycles. The second-order valence-corrected chi connectivity index (χ2v) is 5.76. The highest BCUT2D eigenvalue weighted by molar-refractivity contribution is 6.04. The molecular weight excluding hydrogens is 308 g/mol. The molecular formula is C18H18N2O4. The number of benzene rings is 2. The molecule has 3 rings (SSSR count). The summed E-state index contributed by atoms with van der Waals surface area (Å²) >= 11 is 0. The van der Waals surface area contributed by atoms with Crippen molar-refractivity contribution >= 4 is 28.5 Å². The molecule has 6 nitrogen and oxygen atoms in total. The summed E-state index contributed by atoms with van der Waals surface area (Å²) in [6, 6.07) is 13.3. The van der Waals surface area contributed by atoms with E-state index in [4.69, 9.17) is 0 Å². The van der Waals surface area contributed by atoms with E-state index in [2.05, 4.69) is 5.32 Å². The van der Waals surface area contributed by atoms with Gasteiger partial charge in [-0.25, -0.2) is 0 Å². The van der Waals surface area contributed by atoms with Crippen LogP contribution in [-0.2, 0) is 14.4 Å². The fourth-order valence-electron chi connectivity index (χ4n) is 2.86. The van der Waals surface area contributed by atoms with E-state index < -0.39 is 12.0 Å². The summed E-state index contributed by atoms with van der Waals surface area (Å²) in [5, 5.41) is 14.9. The number of rotatable bonds is 5. The monoisotopic (exact) mass is 326 g/mol. The van der Waals surface area contributed by atoms with Crippen LogP contribution in [0.5, 0.6) is 0 Å². The van der Waals surface area contributed by atoms with Crippen LogP contribution in [0.25, 0.3) is 10.8 Å². The topological polar surface area (TPSA) is 86.7 Å². The van der Waals surface area contributed by atoms with Gasteiger partial charge in [-0.1, -0.05) is 42.5 Å². The summed E-state index contributed by atoms with van der Waals surface area (Å²) < 4.78 is 0. The van der Waals surface area contributed by atoms with E-state index in [1.165, 1.54) is 0 Å². The van der Waals surface area contributed by atoms with Crippen molar-refractivity contribution in [2.75, 3.05) is 13.1 Å². The van der Waals surface area contributed by atoms with Crippen molar-refractivity contribution in [1.29, 1.82) is 0 Å². The summed E-state index contributed by atoms with van der Waals surface area (Å²) in [5.41, 5.74) is 0.724. The van der Waals surface area contributed by atoms with Crippen LogP contribution in [-0.4, -0.2) is 40.8 Å². The molecule has 1 atom stereocenters. The summed E-state index contributed by atoms with van der Waals surface area (Å²) in [7, 11) is 0. The number of nitrogens with zero attached hydrogens (tertiary/aromatic N) is 1. The van der Waals surface area contributed by atoms with E-state index in [-0.39, 0.29) is 37.7 Å². The standard InChI is InChI=1S/C18H18N2O4/c21-15(14-7-3-5-12-4-1-2-6-13(12)14)10-19-16(22)11-20-17(23)8-9-18(20)24/h1-7,15,21H,8-11H2,(H,19,22). The van der Waals surface area contributed by atoms with E-state index in [1.807, 2.05) is 42.5 Å². The zero-order valence-electron chi connectivity index (χ0n) is 13.1. The minimum Gasteiger partial charge on any atom is -0.387 e. The maximum atomic E-state index is 11.9. The van der Waals surface area contributed by atoms with Gasteiger partial charge < -0.3 is 10.4 Å². The van der Waals surface area contributed by atoms with E-state index in [9.17, 15) is 19.5 Å². The minimum atomic E-state index is -0.870.